The van der Waals surface area contributed by atoms with Crippen molar-refractivity contribution in [3.05, 3.63) is 23.3 Å². The van der Waals surface area contributed by atoms with Gasteiger partial charge in [0.2, 0.25) is 0 Å². The van der Waals surface area contributed by atoms with Crippen LogP contribution in [0.15, 0.2) is 12.1 Å². The molecule has 0 amide bonds. The van der Waals surface area contributed by atoms with Crippen LogP contribution in [0.3, 0.4) is 0 Å². The summed E-state index contributed by atoms with van der Waals surface area (Å²) in [4.78, 5) is 15.0. The Balaban J connectivity index is 1.95. The zero-order chi connectivity index (χ0) is 21.6. The number of hydrogen-bond donors (Lipinski definition) is 0. The summed E-state index contributed by atoms with van der Waals surface area (Å²) in [5.41, 5.74) is 1.67. The molecule has 0 saturated carbocycles. The number of nitrogens with zero attached hydrogens (tertiary/aromatic N) is 1. The van der Waals surface area contributed by atoms with Gasteiger partial charge < -0.3 is 9.47 Å². The largest absolute Gasteiger partial charge is 0.493 e. The van der Waals surface area contributed by atoms with E-state index in [1.165, 1.54) is 6.07 Å². The highest BCUT2D eigenvalue weighted by molar-refractivity contribution is 5.83. The zero-order valence-corrected chi connectivity index (χ0v) is 13.6. The maximum atomic E-state index is 12.7. The fraction of sp³-hybridized carbons (Fsp3) is 0.632. The van der Waals surface area contributed by atoms with Gasteiger partial charge >= 0.3 is 0 Å². The van der Waals surface area contributed by atoms with Crippen molar-refractivity contribution in [1.82, 2.24) is 4.90 Å². The molecule has 2 aliphatic heterocycles. The van der Waals surface area contributed by atoms with E-state index in [4.69, 9.17) is 17.7 Å². The fourth-order valence-corrected chi connectivity index (χ4v) is 3.90. The number of ether oxygens (including phenoxy) is 2. The normalized spacial score (nSPS) is 29.3. The van der Waals surface area contributed by atoms with Crippen LogP contribution < -0.4 is 9.47 Å². The quantitative estimate of drug-likeness (QED) is 0.853. The van der Waals surface area contributed by atoms with Gasteiger partial charge in [-0.2, -0.15) is 0 Å². The first-order chi connectivity index (χ1) is 13.3. The van der Waals surface area contributed by atoms with Crippen LogP contribution >= 0.6 is 0 Å². The topological polar surface area (TPSA) is 38.8 Å². The molecule has 0 radical (unpaired) electrons. The van der Waals surface area contributed by atoms with Crippen molar-refractivity contribution in [2.24, 2.45) is 11.8 Å². The van der Waals surface area contributed by atoms with Crippen LogP contribution in [0.2, 0.25) is 0 Å². The van der Waals surface area contributed by atoms with Crippen LogP contribution in [0.1, 0.15) is 52.1 Å². The van der Waals surface area contributed by atoms with E-state index in [0.717, 1.165) is 24.1 Å². The van der Waals surface area contributed by atoms with Crippen LogP contribution in [0.25, 0.3) is 0 Å². The molecule has 0 spiro atoms. The molecule has 1 aromatic carbocycles. The number of rotatable bonds is 4. The average Bonchev–Trinajstić information content (AvgIpc) is 2.53. The van der Waals surface area contributed by atoms with E-state index in [1.807, 2.05) is 0 Å². The molecule has 4 nitrogen and oxygen atoms in total. The second-order valence-electron chi connectivity index (χ2n) is 6.96. The Bertz CT molecular complexity index is 774. The van der Waals surface area contributed by atoms with E-state index in [-0.39, 0.29) is 29.2 Å². The van der Waals surface area contributed by atoms with Crippen LogP contribution in [0.4, 0.5) is 0 Å². The standard InChI is InChI=1S/C19H27NO3/c1-12(2)7-14-11-20-6-5-13-8-18(22-3)19(23-4)9-15(13)16(20)10-17(14)21/h8-9,12,14,16H,5-7,10-11H2,1-4H3/t14?,16-/m1/s1/i3D3,4D3. The van der Waals surface area contributed by atoms with Gasteiger partial charge in [-0.3, -0.25) is 9.69 Å². The number of benzene rings is 1. The summed E-state index contributed by atoms with van der Waals surface area (Å²) in [6.07, 6.45) is 1.88. The van der Waals surface area contributed by atoms with E-state index in [0.29, 0.717) is 25.3 Å². The van der Waals surface area contributed by atoms with Gasteiger partial charge in [0.15, 0.2) is 11.5 Å². The Hall–Kier alpha value is -1.55. The maximum absolute atomic E-state index is 12.7. The average molecular weight is 323 g/mol. The lowest BCUT2D eigenvalue weighted by Crippen LogP contribution is -2.46. The van der Waals surface area contributed by atoms with Gasteiger partial charge in [0.25, 0.3) is 0 Å². The summed E-state index contributed by atoms with van der Waals surface area (Å²) in [5.74, 6) is 0.418. The zero-order valence-electron chi connectivity index (χ0n) is 19.6. The minimum Gasteiger partial charge on any atom is -0.493 e. The first-order valence-electron chi connectivity index (χ1n) is 11.1. The number of Topliss-reactive ketones (excluding diaryl/α,β-unsaturated/α-hetero) is 1. The third-order valence-corrected chi connectivity index (χ3v) is 4.95. The van der Waals surface area contributed by atoms with Gasteiger partial charge in [-0.15, -0.1) is 0 Å². The Morgan fingerprint density at radius 2 is 2.04 bits per heavy atom. The fourth-order valence-electron chi connectivity index (χ4n) is 3.90. The first kappa shape index (κ1) is 10.3. The number of fused-ring (bicyclic) bond motifs is 3. The molecule has 23 heavy (non-hydrogen) atoms. The number of methoxy groups -OCH3 is 2. The number of carbonyl (C=O) groups excluding carboxylic acids is 1. The van der Waals surface area contributed by atoms with Gasteiger partial charge in [-0.25, -0.2) is 0 Å². The Kier molecular flexibility index (Phi) is 2.93. The van der Waals surface area contributed by atoms with Crippen molar-refractivity contribution >= 4 is 5.78 Å². The molecule has 4 heteroatoms. The molecule has 1 fully saturated rings. The van der Waals surface area contributed by atoms with Crippen molar-refractivity contribution in [1.29, 1.82) is 0 Å². The summed E-state index contributed by atoms with van der Waals surface area (Å²) >= 11 is 0. The lowest BCUT2D eigenvalue weighted by atomic mass is 9.80. The van der Waals surface area contributed by atoms with Crippen molar-refractivity contribution in [3.8, 4) is 11.5 Å². The van der Waals surface area contributed by atoms with Crippen molar-refractivity contribution < 1.29 is 22.5 Å². The van der Waals surface area contributed by atoms with Crippen LogP contribution in [0.5, 0.6) is 11.5 Å². The molecule has 0 aliphatic carbocycles. The smallest absolute Gasteiger partial charge is 0.161 e. The van der Waals surface area contributed by atoms with E-state index >= 15 is 0 Å². The molecule has 2 heterocycles. The summed E-state index contributed by atoms with van der Waals surface area (Å²) < 4.78 is 54.3. The van der Waals surface area contributed by atoms with Crippen molar-refractivity contribution in [2.45, 2.75) is 39.2 Å². The maximum Gasteiger partial charge on any atom is 0.161 e. The van der Waals surface area contributed by atoms with E-state index in [1.54, 1.807) is 6.07 Å². The number of hydrogen-bond acceptors (Lipinski definition) is 4. The second kappa shape index (κ2) is 6.52. The van der Waals surface area contributed by atoms with Crippen LogP contribution in [-0.4, -0.2) is 37.8 Å². The molecule has 0 N–H and O–H groups in total. The number of ketones is 1. The predicted molar refractivity (Wildman–Crippen MR) is 90.1 cm³/mol. The molecule has 1 saturated heterocycles. The van der Waals surface area contributed by atoms with Crippen LogP contribution in [-0.2, 0) is 11.2 Å². The monoisotopic (exact) mass is 323 g/mol. The van der Waals surface area contributed by atoms with E-state index in [2.05, 4.69) is 18.7 Å². The number of carbonyl (C=O) groups is 1. The predicted octanol–water partition coefficient (Wildman–Crippen LogP) is 3.24. The van der Waals surface area contributed by atoms with Gasteiger partial charge in [0.1, 0.15) is 5.78 Å². The van der Waals surface area contributed by atoms with Crippen LogP contribution in [0, 0.1) is 11.8 Å². The van der Waals surface area contributed by atoms with Gasteiger partial charge in [-0.05, 0) is 42.0 Å². The van der Waals surface area contributed by atoms with E-state index in [9.17, 15) is 4.79 Å². The molecule has 2 aliphatic rings. The highest BCUT2D eigenvalue weighted by Gasteiger charge is 2.38. The molecule has 1 aromatic rings. The van der Waals surface area contributed by atoms with Gasteiger partial charge in [0, 0.05) is 31.5 Å². The highest BCUT2D eigenvalue weighted by Crippen LogP contribution is 2.42. The Morgan fingerprint density at radius 3 is 2.74 bits per heavy atom. The number of piperidine rings is 1. The molecule has 2 atom stereocenters. The molecule has 126 valence electrons. The molecular weight excluding hydrogens is 290 g/mol. The summed E-state index contributed by atoms with van der Waals surface area (Å²) in [5, 5.41) is 0. The summed E-state index contributed by atoms with van der Waals surface area (Å²) in [7, 11) is -5.48. The highest BCUT2D eigenvalue weighted by atomic mass is 16.5. The lowest BCUT2D eigenvalue weighted by molar-refractivity contribution is -0.129. The van der Waals surface area contributed by atoms with E-state index < -0.39 is 14.1 Å². The van der Waals surface area contributed by atoms with Crippen molar-refractivity contribution in [2.75, 3.05) is 27.2 Å². The summed E-state index contributed by atoms with van der Waals surface area (Å²) in [6, 6.07) is 2.93. The summed E-state index contributed by atoms with van der Waals surface area (Å²) in [6.45, 7) is 5.65. The molecule has 1 unspecified atom stereocenters. The van der Waals surface area contributed by atoms with Gasteiger partial charge in [-0.1, -0.05) is 13.8 Å². The molecule has 3 rings (SSSR count). The molecular formula is C19H27NO3. The second-order valence-corrected chi connectivity index (χ2v) is 6.96. The molecule has 0 bridgehead atoms. The Morgan fingerprint density at radius 1 is 1.30 bits per heavy atom. The third kappa shape index (κ3) is 3.09. The van der Waals surface area contributed by atoms with Crippen molar-refractivity contribution in [3.63, 3.8) is 0 Å². The SMILES string of the molecule is [2H]C([2H])([2H])Oc1cc2c(cc1OC([2H])([2H])[2H])[C@H]1CC(=O)C(CC(C)C)CN1CC2. The minimum atomic E-state index is -2.75. The lowest BCUT2D eigenvalue weighted by Gasteiger charge is -2.43. The molecule has 0 aromatic heterocycles. The third-order valence-electron chi connectivity index (χ3n) is 4.95. The minimum absolute atomic E-state index is 0.0177. The first-order valence-corrected chi connectivity index (χ1v) is 8.14. The van der Waals surface area contributed by atoms with Gasteiger partial charge in [0.05, 0.1) is 22.3 Å². The Labute approximate surface area is 147 Å².